The van der Waals surface area contributed by atoms with E-state index in [1.165, 1.54) is 0 Å². The molecule has 1 heterocycles. The number of benzene rings is 1. The zero-order valence-electron chi connectivity index (χ0n) is 7.40. The summed E-state index contributed by atoms with van der Waals surface area (Å²) in [6.07, 6.45) is 2.68. The minimum atomic E-state index is 0.128. The molecule has 1 aromatic carbocycles. The van der Waals surface area contributed by atoms with E-state index in [9.17, 15) is 4.79 Å². The highest BCUT2D eigenvalue weighted by molar-refractivity contribution is 5.55. The van der Waals surface area contributed by atoms with E-state index in [1.807, 2.05) is 24.3 Å². The Morgan fingerprint density at radius 3 is 3.08 bits per heavy atom. The number of carbonyl (C=O) groups excluding carboxylic acids is 1. The van der Waals surface area contributed by atoms with Crippen LogP contribution in [0.5, 0.6) is 5.75 Å². The molecule has 0 saturated heterocycles. The van der Waals surface area contributed by atoms with Crippen molar-refractivity contribution in [2.45, 2.75) is 12.8 Å². The summed E-state index contributed by atoms with van der Waals surface area (Å²) >= 11 is 0. The summed E-state index contributed by atoms with van der Waals surface area (Å²) in [4.78, 5) is 10.7. The molecule has 0 amide bonds. The largest absolute Gasteiger partial charge is 0.493 e. The lowest BCUT2D eigenvalue weighted by atomic mass is 9.99. The average molecular weight is 176 g/mol. The summed E-state index contributed by atoms with van der Waals surface area (Å²) in [5.74, 6) is 1.07. The van der Waals surface area contributed by atoms with Crippen LogP contribution in [0.4, 0.5) is 0 Å². The molecule has 0 saturated carbocycles. The quantitative estimate of drug-likeness (QED) is 0.610. The van der Waals surface area contributed by atoms with Crippen LogP contribution in [0.2, 0.25) is 0 Å². The third-order valence-electron chi connectivity index (χ3n) is 2.39. The maximum atomic E-state index is 10.7. The smallest absolute Gasteiger partial charge is 0.123 e. The molecule has 0 aromatic heterocycles. The third kappa shape index (κ3) is 1.72. The minimum Gasteiger partial charge on any atom is -0.493 e. The Hall–Kier alpha value is -1.31. The molecular formula is C11H12O2. The predicted molar refractivity (Wildman–Crippen MR) is 49.8 cm³/mol. The molecule has 2 rings (SSSR count). The van der Waals surface area contributed by atoms with Crippen molar-refractivity contribution in [3.8, 4) is 5.75 Å². The first kappa shape index (κ1) is 8.30. The first-order valence-electron chi connectivity index (χ1n) is 4.56. The topological polar surface area (TPSA) is 26.3 Å². The van der Waals surface area contributed by atoms with Crippen molar-refractivity contribution in [2.75, 3.05) is 6.61 Å². The van der Waals surface area contributed by atoms with Crippen molar-refractivity contribution < 1.29 is 9.53 Å². The van der Waals surface area contributed by atoms with E-state index in [-0.39, 0.29) is 5.92 Å². The van der Waals surface area contributed by atoms with E-state index < -0.39 is 0 Å². The van der Waals surface area contributed by atoms with Gasteiger partial charge in [-0.05, 0) is 24.5 Å². The fourth-order valence-electron chi connectivity index (χ4n) is 1.63. The van der Waals surface area contributed by atoms with Crippen LogP contribution in [0.1, 0.15) is 12.0 Å². The number of carbonyl (C=O) groups is 1. The van der Waals surface area contributed by atoms with E-state index in [0.29, 0.717) is 6.61 Å². The van der Waals surface area contributed by atoms with Crippen LogP contribution in [-0.2, 0) is 11.2 Å². The van der Waals surface area contributed by atoms with Crippen LogP contribution in [-0.4, -0.2) is 12.9 Å². The Bertz CT molecular complexity index is 307. The van der Waals surface area contributed by atoms with Crippen LogP contribution in [0.25, 0.3) is 0 Å². The molecule has 1 aromatic rings. The van der Waals surface area contributed by atoms with Gasteiger partial charge in [-0.25, -0.2) is 0 Å². The monoisotopic (exact) mass is 176 g/mol. The number of para-hydroxylation sites is 1. The highest BCUT2D eigenvalue weighted by atomic mass is 16.5. The number of hydrogen-bond acceptors (Lipinski definition) is 2. The van der Waals surface area contributed by atoms with Crippen molar-refractivity contribution in [3.05, 3.63) is 29.8 Å². The molecule has 0 aliphatic carbocycles. The fourth-order valence-corrected chi connectivity index (χ4v) is 1.63. The Kier molecular flexibility index (Phi) is 2.30. The van der Waals surface area contributed by atoms with Gasteiger partial charge in [-0.3, -0.25) is 0 Å². The molecule has 1 unspecified atom stereocenters. The van der Waals surface area contributed by atoms with E-state index in [2.05, 4.69) is 0 Å². The number of fused-ring (bicyclic) bond motifs is 1. The second-order valence-corrected chi connectivity index (χ2v) is 3.35. The predicted octanol–water partition coefficient (Wildman–Crippen LogP) is 1.83. The average Bonchev–Trinajstić information content (AvgIpc) is 2.38. The molecule has 1 aliphatic rings. The molecular weight excluding hydrogens is 164 g/mol. The van der Waals surface area contributed by atoms with Crippen molar-refractivity contribution >= 4 is 6.29 Å². The van der Waals surface area contributed by atoms with Gasteiger partial charge in [0.25, 0.3) is 0 Å². The standard InChI is InChI=1S/C11H12O2/c12-8-9-5-6-13-11-4-2-1-3-10(11)7-9/h1-4,8-9H,5-7H2. The van der Waals surface area contributed by atoms with Gasteiger partial charge < -0.3 is 9.53 Å². The summed E-state index contributed by atoms with van der Waals surface area (Å²) in [7, 11) is 0. The van der Waals surface area contributed by atoms with Crippen LogP contribution in [0, 0.1) is 5.92 Å². The van der Waals surface area contributed by atoms with Gasteiger partial charge in [-0.15, -0.1) is 0 Å². The normalized spacial score (nSPS) is 21.1. The van der Waals surface area contributed by atoms with Gasteiger partial charge in [-0.1, -0.05) is 18.2 Å². The number of aldehydes is 1. The Morgan fingerprint density at radius 1 is 1.38 bits per heavy atom. The molecule has 1 aliphatic heterocycles. The van der Waals surface area contributed by atoms with Gasteiger partial charge >= 0.3 is 0 Å². The van der Waals surface area contributed by atoms with Gasteiger partial charge in [0.1, 0.15) is 12.0 Å². The third-order valence-corrected chi connectivity index (χ3v) is 2.39. The molecule has 68 valence electrons. The Balaban J connectivity index is 2.28. The van der Waals surface area contributed by atoms with Gasteiger partial charge in [0.2, 0.25) is 0 Å². The first-order chi connectivity index (χ1) is 6.40. The lowest BCUT2D eigenvalue weighted by molar-refractivity contribution is -0.111. The molecule has 0 radical (unpaired) electrons. The van der Waals surface area contributed by atoms with Gasteiger partial charge in [-0.2, -0.15) is 0 Å². The van der Waals surface area contributed by atoms with Crippen LogP contribution < -0.4 is 4.74 Å². The lowest BCUT2D eigenvalue weighted by Gasteiger charge is -2.05. The zero-order valence-corrected chi connectivity index (χ0v) is 7.40. The second kappa shape index (κ2) is 3.60. The molecule has 0 bridgehead atoms. The van der Waals surface area contributed by atoms with Crippen LogP contribution in [0.3, 0.4) is 0 Å². The summed E-state index contributed by atoms with van der Waals surface area (Å²) in [5, 5.41) is 0. The highest BCUT2D eigenvalue weighted by Crippen LogP contribution is 2.25. The van der Waals surface area contributed by atoms with Crippen molar-refractivity contribution in [2.24, 2.45) is 5.92 Å². The molecule has 2 heteroatoms. The number of hydrogen-bond donors (Lipinski definition) is 0. The van der Waals surface area contributed by atoms with Gasteiger partial charge in [0, 0.05) is 5.92 Å². The van der Waals surface area contributed by atoms with Gasteiger partial charge in [0.05, 0.1) is 6.61 Å². The molecule has 0 spiro atoms. The van der Waals surface area contributed by atoms with Crippen molar-refractivity contribution in [1.29, 1.82) is 0 Å². The van der Waals surface area contributed by atoms with Crippen molar-refractivity contribution in [1.82, 2.24) is 0 Å². The van der Waals surface area contributed by atoms with Crippen LogP contribution in [0.15, 0.2) is 24.3 Å². The highest BCUT2D eigenvalue weighted by Gasteiger charge is 2.15. The van der Waals surface area contributed by atoms with Gasteiger partial charge in [0.15, 0.2) is 0 Å². The molecule has 1 atom stereocenters. The van der Waals surface area contributed by atoms with E-state index in [4.69, 9.17) is 4.74 Å². The minimum absolute atomic E-state index is 0.128. The summed E-state index contributed by atoms with van der Waals surface area (Å²) in [6, 6.07) is 7.93. The maximum Gasteiger partial charge on any atom is 0.123 e. The number of rotatable bonds is 1. The molecule has 2 nitrogen and oxygen atoms in total. The molecule has 0 N–H and O–H groups in total. The van der Waals surface area contributed by atoms with E-state index in [0.717, 1.165) is 30.4 Å². The fraction of sp³-hybridized carbons (Fsp3) is 0.364. The SMILES string of the molecule is O=CC1CCOc2ccccc2C1. The van der Waals surface area contributed by atoms with Crippen molar-refractivity contribution in [3.63, 3.8) is 0 Å². The zero-order chi connectivity index (χ0) is 9.10. The van der Waals surface area contributed by atoms with E-state index in [1.54, 1.807) is 0 Å². The maximum absolute atomic E-state index is 10.7. The molecule has 0 fully saturated rings. The number of ether oxygens (including phenoxy) is 1. The molecule has 13 heavy (non-hydrogen) atoms. The lowest BCUT2D eigenvalue weighted by Crippen LogP contribution is -2.06. The summed E-state index contributed by atoms with van der Waals surface area (Å²) < 4.78 is 5.52. The Morgan fingerprint density at radius 2 is 2.23 bits per heavy atom. The van der Waals surface area contributed by atoms with Crippen LogP contribution >= 0.6 is 0 Å². The second-order valence-electron chi connectivity index (χ2n) is 3.35. The Labute approximate surface area is 77.5 Å². The van der Waals surface area contributed by atoms with E-state index >= 15 is 0 Å². The summed E-state index contributed by atoms with van der Waals surface area (Å²) in [6.45, 7) is 0.653. The first-order valence-corrected chi connectivity index (χ1v) is 4.56. The summed E-state index contributed by atoms with van der Waals surface area (Å²) in [5.41, 5.74) is 1.15.